The van der Waals surface area contributed by atoms with Crippen molar-refractivity contribution in [3.63, 3.8) is 0 Å². The minimum Gasteiger partial charge on any atom is -0.324 e. The lowest BCUT2D eigenvalue weighted by Crippen LogP contribution is -2.14. The molecule has 1 aromatic heterocycles. The van der Waals surface area contributed by atoms with Gasteiger partial charge >= 0.3 is 6.18 Å². The number of benzene rings is 2. The summed E-state index contributed by atoms with van der Waals surface area (Å²) in [4.78, 5) is 7.89. The molecular formula is C18H14F3N3OS. The van der Waals surface area contributed by atoms with Crippen LogP contribution in [0.15, 0.2) is 70.7 Å². The summed E-state index contributed by atoms with van der Waals surface area (Å²) in [5.41, 5.74) is 0.417. The largest absolute Gasteiger partial charge is 0.420 e. The van der Waals surface area contributed by atoms with Crippen LogP contribution < -0.4 is 5.32 Å². The van der Waals surface area contributed by atoms with Crippen molar-refractivity contribution in [2.24, 2.45) is 0 Å². The van der Waals surface area contributed by atoms with E-state index < -0.39 is 27.6 Å². The van der Waals surface area contributed by atoms with Crippen LogP contribution in [0.4, 0.5) is 24.8 Å². The predicted octanol–water partition coefficient (Wildman–Crippen LogP) is 4.71. The van der Waals surface area contributed by atoms with E-state index >= 15 is 0 Å². The minimum atomic E-state index is -4.71. The van der Waals surface area contributed by atoms with E-state index in [0.717, 1.165) is 5.56 Å². The first kappa shape index (κ1) is 18.1. The number of hydrogen-bond donors (Lipinski definition) is 1. The zero-order chi connectivity index (χ0) is 18.7. The average molecular weight is 377 g/mol. The molecule has 1 unspecified atom stereocenters. The third kappa shape index (κ3) is 3.91. The molecule has 1 N–H and O–H groups in total. The van der Waals surface area contributed by atoms with Gasteiger partial charge in [-0.25, -0.2) is 14.2 Å². The topological polar surface area (TPSA) is 54.9 Å². The van der Waals surface area contributed by atoms with Crippen LogP contribution in [0.3, 0.4) is 0 Å². The fraction of sp³-hybridized carbons (Fsp3) is 0.111. The number of aryl methyl sites for hydroxylation is 1. The first-order chi connectivity index (χ1) is 12.4. The smallest absolute Gasteiger partial charge is 0.324 e. The van der Waals surface area contributed by atoms with Crippen LogP contribution in [0.2, 0.25) is 0 Å². The second-order valence-electron chi connectivity index (χ2n) is 5.43. The molecule has 134 valence electrons. The number of halogens is 3. The van der Waals surface area contributed by atoms with Crippen LogP contribution in [0.25, 0.3) is 0 Å². The number of hydrogen-bond acceptors (Lipinski definition) is 4. The lowest BCUT2D eigenvalue weighted by Gasteiger charge is -2.14. The Labute approximate surface area is 150 Å². The first-order valence-corrected chi connectivity index (χ1v) is 8.75. The zero-order valence-corrected chi connectivity index (χ0v) is 14.4. The Kier molecular flexibility index (Phi) is 5.03. The summed E-state index contributed by atoms with van der Waals surface area (Å²) in [5.74, 6) is -0.0495. The summed E-state index contributed by atoms with van der Waals surface area (Å²) in [6.45, 7) is 1.84. The number of nitrogens with zero attached hydrogens (tertiary/aromatic N) is 2. The lowest BCUT2D eigenvalue weighted by molar-refractivity contribution is -0.140. The molecule has 0 spiro atoms. The molecule has 26 heavy (non-hydrogen) atoms. The molecule has 8 heteroatoms. The van der Waals surface area contributed by atoms with E-state index in [1.165, 1.54) is 12.1 Å². The lowest BCUT2D eigenvalue weighted by atomic mass is 10.2. The molecule has 0 saturated heterocycles. The second-order valence-corrected chi connectivity index (χ2v) is 6.83. The maximum absolute atomic E-state index is 13.3. The van der Waals surface area contributed by atoms with Gasteiger partial charge in [-0.05, 0) is 30.7 Å². The van der Waals surface area contributed by atoms with Gasteiger partial charge in [-0.2, -0.15) is 13.2 Å². The van der Waals surface area contributed by atoms with Gasteiger partial charge in [-0.3, -0.25) is 0 Å². The van der Waals surface area contributed by atoms with Crippen LogP contribution in [0, 0.1) is 6.92 Å². The number of nitrogens with one attached hydrogen (secondary N) is 1. The van der Waals surface area contributed by atoms with Gasteiger partial charge < -0.3 is 5.32 Å². The highest BCUT2D eigenvalue weighted by molar-refractivity contribution is 7.85. The first-order valence-electron chi connectivity index (χ1n) is 7.60. The summed E-state index contributed by atoms with van der Waals surface area (Å²) >= 11 is 0. The van der Waals surface area contributed by atoms with Gasteiger partial charge in [-0.1, -0.05) is 36.4 Å². The van der Waals surface area contributed by atoms with Crippen LogP contribution in [0.1, 0.15) is 11.1 Å². The molecule has 1 atom stereocenters. The molecule has 0 bridgehead atoms. The van der Waals surface area contributed by atoms with E-state index in [2.05, 4.69) is 15.3 Å². The van der Waals surface area contributed by atoms with Crippen molar-refractivity contribution in [1.29, 1.82) is 0 Å². The Morgan fingerprint density at radius 3 is 2.31 bits per heavy atom. The molecule has 3 aromatic rings. The molecule has 2 aromatic carbocycles. The second kappa shape index (κ2) is 7.25. The van der Waals surface area contributed by atoms with Crippen molar-refractivity contribution < 1.29 is 17.4 Å². The average Bonchev–Trinajstić information content (AvgIpc) is 2.63. The zero-order valence-electron chi connectivity index (χ0n) is 13.6. The van der Waals surface area contributed by atoms with Gasteiger partial charge in [0.25, 0.3) is 0 Å². The van der Waals surface area contributed by atoms with Crippen LogP contribution in [-0.2, 0) is 17.0 Å². The molecule has 0 radical (unpaired) electrons. The monoisotopic (exact) mass is 377 g/mol. The van der Waals surface area contributed by atoms with Crippen molar-refractivity contribution in [3.8, 4) is 0 Å². The van der Waals surface area contributed by atoms with E-state index in [0.29, 0.717) is 11.9 Å². The summed E-state index contributed by atoms with van der Waals surface area (Å²) in [7, 11) is -2.09. The Hall–Kier alpha value is -2.74. The van der Waals surface area contributed by atoms with Crippen molar-refractivity contribution in [1.82, 2.24) is 9.97 Å². The van der Waals surface area contributed by atoms with Crippen LogP contribution in [0.5, 0.6) is 0 Å². The molecule has 4 nitrogen and oxygen atoms in total. The van der Waals surface area contributed by atoms with Crippen molar-refractivity contribution in [2.45, 2.75) is 23.0 Å². The normalized spacial score (nSPS) is 12.6. The highest BCUT2D eigenvalue weighted by Gasteiger charge is 2.37. The van der Waals surface area contributed by atoms with E-state index in [4.69, 9.17) is 0 Å². The van der Waals surface area contributed by atoms with Gasteiger partial charge in [0.15, 0.2) is 0 Å². The van der Waals surface area contributed by atoms with E-state index in [1.54, 1.807) is 30.3 Å². The number of para-hydroxylation sites is 1. The fourth-order valence-corrected chi connectivity index (χ4v) is 3.42. The number of aromatic nitrogens is 2. The molecule has 0 aliphatic heterocycles. The summed E-state index contributed by atoms with van der Waals surface area (Å²) in [6.07, 6.45) is -4.05. The fourth-order valence-electron chi connectivity index (χ4n) is 2.25. The quantitative estimate of drug-likeness (QED) is 0.669. The Morgan fingerprint density at radius 2 is 1.65 bits per heavy atom. The molecule has 1 heterocycles. The van der Waals surface area contributed by atoms with Crippen LogP contribution in [-0.4, -0.2) is 14.2 Å². The highest BCUT2D eigenvalue weighted by Crippen LogP contribution is 2.34. The highest BCUT2D eigenvalue weighted by atomic mass is 32.2. The van der Waals surface area contributed by atoms with E-state index in [-0.39, 0.29) is 10.8 Å². The van der Waals surface area contributed by atoms with Crippen LogP contribution >= 0.6 is 0 Å². The number of rotatable bonds is 4. The third-order valence-electron chi connectivity index (χ3n) is 3.58. The minimum absolute atomic E-state index is 0.0495. The van der Waals surface area contributed by atoms with Gasteiger partial charge in [0.05, 0.1) is 0 Å². The molecular weight excluding hydrogens is 363 g/mol. The summed E-state index contributed by atoms with van der Waals surface area (Å²) in [5, 5.41) is 2.30. The van der Waals surface area contributed by atoms with Gasteiger partial charge in [0.2, 0.25) is 5.95 Å². The van der Waals surface area contributed by atoms with Crippen molar-refractivity contribution in [3.05, 3.63) is 71.9 Å². The summed E-state index contributed by atoms with van der Waals surface area (Å²) < 4.78 is 52.6. The molecule has 0 amide bonds. The number of anilines is 2. The van der Waals surface area contributed by atoms with Gasteiger partial charge in [0, 0.05) is 16.8 Å². The van der Waals surface area contributed by atoms with Gasteiger partial charge in [0.1, 0.15) is 21.4 Å². The van der Waals surface area contributed by atoms with Crippen molar-refractivity contribution in [2.75, 3.05) is 5.32 Å². The van der Waals surface area contributed by atoms with E-state index in [9.17, 15) is 17.4 Å². The standard InChI is InChI=1S/C18H14F3N3OS/c1-12-7-5-6-10-15(12)23-17-22-11-14(18(19,20)21)16(24-17)26(25)13-8-3-2-4-9-13/h2-11H,1H3,(H,22,23,24). The summed E-state index contributed by atoms with van der Waals surface area (Å²) in [6, 6.07) is 15.1. The molecule has 0 aliphatic rings. The Bertz CT molecular complexity index is 946. The van der Waals surface area contributed by atoms with E-state index in [1.807, 2.05) is 19.1 Å². The SMILES string of the molecule is Cc1ccccc1Nc1ncc(C(F)(F)F)c(S(=O)c2ccccc2)n1. The maximum Gasteiger partial charge on any atom is 0.420 e. The van der Waals surface area contributed by atoms with Crippen molar-refractivity contribution >= 4 is 22.4 Å². The maximum atomic E-state index is 13.3. The molecule has 0 aliphatic carbocycles. The molecule has 0 saturated carbocycles. The predicted molar refractivity (Wildman–Crippen MR) is 92.6 cm³/mol. The Morgan fingerprint density at radius 1 is 1.00 bits per heavy atom. The Balaban J connectivity index is 2.05. The van der Waals surface area contributed by atoms with Gasteiger partial charge in [-0.15, -0.1) is 0 Å². The molecule has 3 rings (SSSR count). The third-order valence-corrected chi connectivity index (χ3v) is 4.95. The number of alkyl halides is 3. The molecule has 0 fully saturated rings.